The van der Waals surface area contributed by atoms with Gasteiger partial charge in [-0.1, -0.05) is 34.1 Å². The van der Waals surface area contributed by atoms with Gasteiger partial charge in [-0.3, -0.25) is 0 Å². The first-order chi connectivity index (χ1) is 5.79. The lowest BCUT2D eigenvalue weighted by molar-refractivity contribution is 0.279. The monoisotopic (exact) mass is 204 g/mol. The minimum atomic E-state index is -0.0538. The number of rotatable bonds is 5. The summed E-state index contributed by atoms with van der Waals surface area (Å²) in [5.74, 6) is 2.21. The molecule has 0 amide bonds. The standard InChI is InChI=1S/C12H25Cl/c1-7-9(2)10(3)8-11(4)12(5,6)13/h9-11H,7-8H2,1-6H3. The van der Waals surface area contributed by atoms with Crippen LogP contribution in [-0.4, -0.2) is 4.87 Å². The van der Waals surface area contributed by atoms with Crippen LogP contribution in [-0.2, 0) is 0 Å². The van der Waals surface area contributed by atoms with Crippen molar-refractivity contribution >= 4 is 11.6 Å². The first-order valence-electron chi connectivity index (χ1n) is 5.47. The molecule has 0 heterocycles. The predicted octanol–water partition coefficient (Wildman–Crippen LogP) is 4.71. The lowest BCUT2D eigenvalue weighted by atomic mass is 9.82. The average molecular weight is 205 g/mol. The van der Waals surface area contributed by atoms with E-state index in [1.807, 2.05) is 0 Å². The average Bonchev–Trinajstić information content (AvgIpc) is 2.01. The third-order valence-electron chi connectivity index (χ3n) is 3.51. The van der Waals surface area contributed by atoms with E-state index in [9.17, 15) is 0 Å². The molecule has 0 aromatic heterocycles. The lowest BCUT2D eigenvalue weighted by Gasteiger charge is -2.29. The van der Waals surface area contributed by atoms with Crippen molar-refractivity contribution in [1.82, 2.24) is 0 Å². The van der Waals surface area contributed by atoms with Crippen molar-refractivity contribution in [3.05, 3.63) is 0 Å². The van der Waals surface area contributed by atoms with Crippen molar-refractivity contribution in [2.45, 2.75) is 59.3 Å². The molecule has 0 aliphatic rings. The molecule has 0 spiro atoms. The van der Waals surface area contributed by atoms with Gasteiger partial charge in [0.25, 0.3) is 0 Å². The molecule has 3 unspecified atom stereocenters. The molecule has 3 atom stereocenters. The van der Waals surface area contributed by atoms with E-state index in [-0.39, 0.29) is 4.87 Å². The molecule has 0 N–H and O–H groups in total. The smallest absolute Gasteiger partial charge is 0.0416 e. The molecule has 13 heavy (non-hydrogen) atoms. The summed E-state index contributed by atoms with van der Waals surface area (Å²) < 4.78 is 0. The molecule has 1 heteroatoms. The van der Waals surface area contributed by atoms with Crippen LogP contribution in [0.2, 0.25) is 0 Å². The first kappa shape index (κ1) is 13.3. The van der Waals surface area contributed by atoms with Crippen LogP contribution < -0.4 is 0 Å². The van der Waals surface area contributed by atoms with Crippen molar-refractivity contribution in [2.24, 2.45) is 17.8 Å². The van der Waals surface area contributed by atoms with Crippen LogP contribution >= 0.6 is 11.6 Å². The largest absolute Gasteiger partial charge is 0.120 e. The van der Waals surface area contributed by atoms with Gasteiger partial charge in [-0.2, -0.15) is 0 Å². The predicted molar refractivity (Wildman–Crippen MR) is 62.3 cm³/mol. The zero-order valence-corrected chi connectivity index (χ0v) is 10.8. The van der Waals surface area contributed by atoms with Crippen LogP contribution in [0, 0.1) is 17.8 Å². The van der Waals surface area contributed by atoms with Crippen molar-refractivity contribution in [3.8, 4) is 0 Å². The minimum Gasteiger partial charge on any atom is -0.120 e. The molecule has 0 aromatic carbocycles. The Labute approximate surface area is 89.1 Å². The SMILES string of the molecule is CCC(C)C(C)CC(C)C(C)(C)Cl. The summed E-state index contributed by atoms with van der Waals surface area (Å²) in [4.78, 5) is -0.0538. The fourth-order valence-electron chi connectivity index (χ4n) is 1.47. The van der Waals surface area contributed by atoms with Gasteiger partial charge in [0.2, 0.25) is 0 Å². The summed E-state index contributed by atoms with van der Waals surface area (Å²) in [5, 5.41) is 0. The molecule has 0 rings (SSSR count). The van der Waals surface area contributed by atoms with Gasteiger partial charge in [-0.15, -0.1) is 11.6 Å². The van der Waals surface area contributed by atoms with Gasteiger partial charge in [-0.25, -0.2) is 0 Å². The zero-order valence-electron chi connectivity index (χ0n) is 10.0. The summed E-state index contributed by atoms with van der Waals surface area (Å²) in [5.41, 5.74) is 0. The van der Waals surface area contributed by atoms with Gasteiger partial charge in [-0.05, 0) is 38.0 Å². The van der Waals surface area contributed by atoms with Gasteiger partial charge in [0.1, 0.15) is 0 Å². The Morgan fingerprint density at radius 2 is 1.54 bits per heavy atom. The van der Waals surface area contributed by atoms with Crippen LogP contribution in [0.25, 0.3) is 0 Å². The molecule has 0 saturated carbocycles. The number of alkyl halides is 1. The normalized spacial score (nSPS) is 19.6. The maximum atomic E-state index is 6.28. The molecule has 0 aromatic rings. The van der Waals surface area contributed by atoms with Crippen LogP contribution in [0.3, 0.4) is 0 Å². The van der Waals surface area contributed by atoms with E-state index >= 15 is 0 Å². The molecule has 80 valence electrons. The Balaban J connectivity index is 3.98. The van der Waals surface area contributed by atoms with Crippen LogP contribution in [0.5, 0.6) is 0 Å². The zero-order chi connectivity index (χ0) is 10.6. The summed E-state index contributed by atoms with van der Waals surface area (Å²) in [7, 11) is 0. The van der Waals surface area contributed by atoms with Gasteiger partial charge in [0.15, 0.2) is 0 Å². The third kappa shape index (κ3) is 4.90. The Hall–Kier alpha value is 0.290. The van der Waals surface area contributed by atoms with Gasteiger partial charge >= 0.3 is 0 Å². The van der Waals surface area contributed by atoms with Crippen LogP contribution in [0.15, 0.2) is 0 Å². The quantitative estimate of drug-likeness (QED) is 0.569. The summed E-state index contributed by atoms with van der Waals surface area (Å²) >= 11 is 6.28. The second-order valence-electron chi connectivity index (χ2n) is 5.06. The first-order valence-corrected chi connectivity index (χ1v) is 5.85. The Morgan fingerprint density at radius 3 is 1.85 bits per heavy atom. The fourth-order valence-corrected chi connectivity index (χ4v) is 1.56. The number of hydrogen-bond donors (Lipinski definition) is 0. The van der Waals surface area contributed by atoms with E-state index < -0.39 is 0 Å². The summed E-state index contributed by atoms with van der Waals surface area (Å²) in [6.07, 6.45) is 2.52. The highest BCUT2D eigenvalue weighted by molar-refractivity contribution is 6.23. The second-order valence-corrected chi connectivity index (χ2v) is 6.04. The van der Waals surface area contributed by atoms with E-state index in [0.29, 0.717) is 5.92 Å². The van der Waals surface area contributed by atoms with Crippen LogP contribution in [0.1, 0.15) is 54.4 Å². The maximum absolute atomic E-state index is 6.28. The number of halogens is 1. The minimum absolute atomic E-state index is 0.0538. The Kier molecular flexibility index (Phi) is 5.36. The molecular formula is C12H25Cl. The lowest BCUT2D eigenvalue weighted by Crippen LogP contribution is -2.25. The molecule has 0 bridgehead atoms. The summed E-state index contributed by atoms with van der Waals surface area (Å²) in [6.45, 7) is 13.4. The number of hydrogen-bond acceptors (Lipinski definition) is 0. The van der Waals surface area contributed by atoms with E-state index in [1.165, 1.54) is 12.8 Å². The highest BCUT2D eigenvalue weighted by Gasteiger charge is 2.25. The van der Waals surface area contributed by atoms with Gasteiger partial charge in [0.05, 0.1) is 0 Å². The maximum Gasteiger partial charge on any atom is 0.0416 e. The molecule has 0 fully saturated rings. The van der Waals surface area contributed by atoms with E-state index in [2.05, 4.69) is 41.5 Å². The van der Waals surface area contributed by atoms with E-state index in [0.717, 1.165) is 11.8 Å². The Morgan fingerprint density at radius 1 is 1.08 bits per heavy atom. The summed E-state index contributed by atoms with van der Waals surface area (Å²) in [6, 6.07) is 0. The second kappa shape index (κ2) is 5.24. The highest BCUT2D eigenvalue weighted by Crippen LogP contribution is 2.32. The molecule has 0 aliphatic carbocycles. The van der Waals surface area contributed by atoms with Crippen LogP contribution in [0.4, 0.5) is 0 Å². The molecule has 0 radical (unpaired) electrons. The van der Waals surface area contributed by atoms with Gasteiger partial charge in [0, 0.05) is 4.87 Å². The van der Waals surface area contributed by atoms with Crippen molar-refractivity contribution < 1.29 is 0 Å². The van der Waals surface area contributed by atoms with Crippen molar-refractivity contribution in [1.29, 1.82) is 0 Å². The topological polar surface area (TPSA) is 0 Å². The fraction of sp³-hybridized carbons (Fsp3) is 1.00. The highest BCUT2D eigenvalue weighted by atomic mass is 35.5. The van der Waals surface area contributed by atoms with Crippen molar-refractivity contribution in [3.63, 3.8) is 0 Å². The molecular weight excluding hydrogens is 180 g/mol. The third-order valence-corrected chi connectivity index (χ3v) is 3.89. The van der Waals surface area contributed by atoms with Crippen molar-refractivity contribution in [2.75, 3.05) is 0 Å². The molecule has 0 aliphatic heterocycles. The van der Waals surface area contributed by atoms with E-state index in [4.69, 9.17) is 11.6 Å². The molecule has 0 nitrogen and oxygen atoms in total. The molecule has 0 saturated heterocycles. The van der Waals surface area contributed by atoms with Gasteiger partial charge < -0.3 is 0 Å². The van der Waals surface area contributed by atoms with E-state index in [1.54, 1.807) is 0 Å². The Bertz CT molecular complexity index is 135.